The molecular formula is C8H8NO3. The average Bonchev–Trinajstić information content (AvgIpc) is 2.05. The molecule has 0 aliphatic carbocycles. The van der Waals surface area contributed by atoms with Crippen molar-refractivity contribution in [3.05, 3.63) is 23.8 Å². The molecule has 0 aliphatic rings. The summed E-state index contributed by atoms with van der Waals surface area (Å²) < 4.78 is 4.81. The highest BCUT2D eigenvalue weighted by molar-refractivity contribution is 5.95. The van der Waals surface area contributed by atoms with Gasteiger partial charge in [-0.05, 0) is 18.2 Å². The highest BCUT2D eigenvalue weighted by Gasteiger charge is 2.09. The SMILES string of the molecule is COc1ccc([O])c(C(N)=O)c1. The van der Waals surface area contributed by atoms with Crippen LogP contribution in [-0.4, -0.2) is 13.0 Å². The minimum Gasteiger partial charge on any atom is -0.497 e. The van der Waals surface area contributed by atoms with Crippen molar-refractivity contribution in [1.29, 1.82) is 0 Å². The maximum Gasteiger partial charge on any atom is 0.252 e. The van der Waals surface area contributed by atoms with Crippen LogP contribution >= 0.6 is 0 Å². The van der Waals surface area contributed by atoms with Gasteiger partial charge in [-0.25, -0.2) is 0 Å². The van der Waals surface area contributed by atoms with E-state index in [-0.39, 0.29) is 11.3 Å². The Hall–Kier alpha value is -1.71. The molecule has 0 aliphatic heterocycles. The molecule has 4 nitrogen and oxygen atoms in total. The highest BCUT2D eigenvalue weighted by Crippen LogP contribution is 2.22. The Labute approximate surface area is 69.6 Å². The Morgan fingerprint density at radius 1 is 1.50 bits per heavy atom. The van der Waals surface area contributed by atoms with Gasteiger partial charge in [0.1, 0.15) is 5.75 Å². The molecule has 0 spiro atoms. The summed E-state index contributed by atoms with van der Waals surface area (Å²) in [6.45, 7) is 0. The largest absolute Gasteiger partial charge is 0.497 e. The number of hydrogen-bond donors (Lipinski definition) is 1. The van der Waals surface area contributed by atoms with Gasteiger partial charge in [-0.3, -0.25) is 9.90 Å². The van der Waals surface area contributed by atoms with Crippen LogP contribution in [0.1, 0.15) is 10.4 Å². The monoisotopic (exact) mass is 166 g/mol. The molecule has 0 unspecified atom stereocenters. The first-order valence-corrected chi connectivity index (χ1v) is 3.30. The van der Waals surface area contributed by atoms with Gasteiger partial charge in [0.05, 0.1) is 12.7 Å². The molecular weight excluding hydrogens is 158 g/mol. The Balaban J connectivity index is 3.17. The fourth-order valence-corrected chi connectivity index (χ4v) is 0.829. The van der Waals surface area contributed by atoms with E-state index in [4.69, 9.17) is 10.5 Å². The molecule has 0 saturated carbocycles. The summed E-state index contributed by atoms with van der Waals surface area (Å²) in [6, 6.07) is 4.05. The number of benzene rings is 1. The summed E-state index contributed by atoms with van der Waals surface area (Å²) in [5.74, 6) is -0.675. The quantitative estimate of drug-likeness (QED) is 0.710. The third-order valence-corrected chi connectivity index (χ3v) is 1.45. The van der Waals surface area contributed by atoms with Crippen molar-refractivity contribution >= 4 is 5.91 Å². The van der Waals surface area contributed by atoms with Gasteiger partial charge < -0.3 is 10.5 Å². The minimum atomic E-state index is -0.737. The van der Waals surface area contributed by atoms with Gasteiger partial charge in [0, 0.05) is 0 Å². The molecule has 0 bridgehead atoms. The van der Waals surface area contributed by atoms with Gasteiger partial charge in [-0.1, -0.05) is 0 Å². The summed E-state index contributed by atoms with van der Waals surface area (Å²) in [4.78, 5) is 10.7. The van der Waals surface area contributed by atoms with E-state index in [1.807, 2.05) is 0 Å². The van der Waals surface area contributed by atoms with E-state index in [0.717, 1.165) is 0 Å². The lowest BCUT2D eigenvalue weighted by Gasteiger charge is -2.01. The number of methoxy groups -OCH3 is 1. The van der Waals surface area contributed by atoms with Crippen LogP contribution in [0.15, 0.2) is 18.2 Å². The lowest BCUT2D eigenvalue weighted by molar-refractivity contribution is 0.0995. The predicted octanol–water partition coefficient (Wildman–Crippen LogP) is 0.938. The Morgan fingerprint density at radius 3 is 2.67 bits per heavy atom. The Morgan fingerprint density at radius 2 is 2.17 bits per heavy atom. The number of carbonyl (C=O) groups is 1. The van der Waals surface area contributed by atoms with Gasteiger partial charge >= 0.3 is 0 Å². The van der Waals surface area contributed by atoms with Crippen LogP contribution in [0.4, 0.5) is 0 Å². The van der Waals surface area contributed by atoms with Crippen LogP contribution in [0.3, 0.4) is 0 Å². The van der Waals surface area contributed by atoms with Gasteiger partial charge in [0.15, 0.2) is 5.75 Å². The molecule has 4 heteroatoms. The molecule has 0 saturated heterocycles. The third kappa shape index (κ3) is 1.47. The average molecular weight is 166 g/mol. The van der Waals surface area contributed by atoms with Crippen LogP contribution in [0.5, 0.6) is 11.5 Å². The summed E-state index contributed by atoms with van der Waals surface area (Å²) in [5.41, 5.74) is 4.90. The van der Waals surface area contributed by atoms with E-state index in [2.05, 4.69) is 0 Å². The van der Waals surface area contributed by atoms with Gasteiger partial charge in [-0.15, -0.1) is 0 Å². The zero-order chi connectivity index (χ0) is 9.14. The fraction of sp³-hybridized carbons (Fsp3) is 0.125. The maximum atomic E-state index is 11.0. The number of carbonyl (C=O) groups excluding carboxylic acids is 1. The number of ether oxygens (including phenoxy) is 1. The first-order chi connectivity index (χ1) is 5.65. The van der Waals surface area contributed by atoms with Gasteiger partial charge in [0.2, 0.25) is 0 Å². The van der Waals surface area contributed by atoms with Crippen LogP contribution in [0, 0.1) is 0 Å². The molecule has 1 aromatic rings. The highest BCUT2D eigenvalue weighted by atomic mass is 16.5. The van der Waals surface area contributed by atoms with E-state index >= 15 is 0 Å². The Bertz CT molecular complexity index is 309. The van der Waals surface area contributed by atoms with E-state index in [1.54, 1.807) is 0 Å². The van der Waals surface area contributed by atoms with Crippen LogP contribution in [0.25, 0.3) is 0 Å². The number of nitrogens with two attached hydrogens (primary N) is 1. The molecule has 12 heavy (non-hydrogen) atoms. The number of primary amides is 1. The van der Waals surface area contributed by atoms with Crippen molar-refractivity contribution in [2.75, 3.05) is 7.11 Å². The first kappa shape index (κ1) is 8.39. The lowest BCUT2D eigenvalue weighted by Crippen LogP contribution is -2.10. The van der Waals surface area contributed by atoms with Crippen LogP contribution in [0.2, 0.25) is 0 Å². The predicted molar refractivity (Wildman–Crippen MR) is 41.6 cm³/mol. The normalized spacial score (nSPS) is 9.42. The van der Waals surface area contributed by atoms with Crippen LogP contribution in [-0.2, 0) is 5.11 Å². The molecule has 63 valence electrons. The molecule has 1 aromatic carbocycles. The van der Waals surface area contributed by atoms with Crippen molar-refractivity contribution in [2.24, 2.45) is 5.73 Å². The first-order valence-electron chi connectivity index (χ1n) is 3.30. The topological polar surface area (TPSA) is 72.2 Å². The summed E-state index contributed by atoms with van der Waals surface area (Å²) in [6.07, 6.45) is 0. The van der Waals surface area contributed by atoms with Gasteiger partial charge in [-0.2, -0.15) is 0 Å². The molecule has 1 radical (unpaired) electrons. The van der Waals surface area contributed by atoms with Gasteiger partial charge in [0.25, 0.3) is 5.91 Å². The third-order valence-electron chi connectivity index (χ3n) is 1.45. The molecule has 1 amide bonds. The van der Waals surface area contributed by atoms with E-state index in [9.17, 15) is 9.90 Å². The number of hydrogen-bond acceptors (Lipinski definition) is 2. The van der Waals surface area contributed by atoms with Crippen LogP contribution < -0.4 is 10.5 Å². The number of amides is 1. The van der Waals surface area contributed by atoms with Crippen molar-refractivity contribution in [3.63, 3.8) is 0 Å². The Kier molecular flexibility index (Phi) is 2.19. The standard InChI is InChI=1S/C8H8NO3/c1-12-5-2-3-7(10)6(4-5)8(9)11/h2-4H,1H3,(H2,9,11). The fourth-order valence-electron chi connectivity index (χ4n) is 0.829. The van der Waals surface area contributed by atoms with Crippen molar-refractivity contribution in [1.82, 2.24) is 0 Å². The summed E-state index contributed by atoms with van der Waals surface area (Å²) in [5, 5.41) is 11.0. The molecule has 0 aromatic heterocycles. The smallest absolute Gasteiger partial charge is 0.252 e. The van der Waals surface area contributed by atoms with E-state index in [1.165, 1.54) is 25.3 Å². The zero-order valence-corrected chi connectivity index (χ0v) is 6.53. The van der Waals surface area contributed by atoms with Crippen molar-refractivity contribution < 1.29 is 14.6 Å². The maximum absolute atomic E-state index is 11.0. The second-order valence-corrected chi connectivity index (χ2v) is 2.23. The minimum absolute atomic E-state index is 0.0469. The second kappa shape index (κ2) is 3.13. The molecule has 0 heterocycles. The second-order valence-electron chi connectivity index (χ2n) is 2.23. The van der Waals surface area contributed by atoms with E-state index in [0.29, 0.717) is 5.75 Å². The van der Waals surface area contributed by atoms with Crippen molar-refractivity contribution in [3.8, 4) is 11.5 Å². The molecule has 0 atom stereocenters. The molecule has 1 rings (SSSR count). The summed E-state index contributed by atoms with van der Waals surface area (Å²) >= 11 is 0. The number of rotatable bonds is 2. The summed E-state index contributed by atoms with van der Waals surface area (Å²) in [7, 11) is 1.45. The lowest BCUT2D eigenvalue weighted by atomic mass is 10.2. The molecule has 0 fully saturated rings. The molecule has 2 N–H and O–H groups in total. The van der Waals surface area contributed by atoms with Crippen molar-refractivity contribution in [2.45, 2.75) is 0 Å². The zero-order valence-electron chi connectivity index (χ0n) is 6.53. The van der Waals surface area contributed by atoms with E-state index < -0.39 is 5.91 Å².